The first-order valence-electron chi connectivity index (χ1n) is 3.70. The highest BCUT2D eigenvalue weighted by Gasteiger charge is 2.03. The summed E-state index contributed by atoms with van der Waals surface area (Å²) in [5, 5.41) is 2.64. The second-order valence-electron chi connectivity index (χ2n) is 2.53. The van der Waals surface area contributed by atoms with Gasteiger partial charge in [-0.1, -0.05) is 23.7 Å². The Morgan fingerprint density at radius 2 is 2.15 bits per heavy atom. The van der Waals surface area contributed by atoms with Crippen LogP contribution in [-0.2, 0) is 11.1 Å². The molecule has 0 fully saturated rings. The van der Waals surface area contributed by atoms with Crippen molar-refractivity contribution in [3.63, 3.8) is 0 Å². The first-order chi connectivity index (χ1) is 6.11. The average molecular weight is 219 g/mol. The molecule has 0 bridgehead atoms. The molecule has 2 unspecified atom stereocenters. The van der Waals surface area contributed by atoms with Crippen LogP contribution in [0.3, 0.4) is 0 Å². The minimum atomic E-state index is -2.14. The molecule has 0 aliphatic heterocycles. The van der Waals surface area contributed by atoms with E-state index in [2.05, 4.69) is 5.32 Å². The third kappa shape index (κ3) is 2.99. The molecule has 2 atom stereocenters. The van der Waals surface area contributed by atoms with Crippen molar-refractivity contribution in [2.75, 3.05) is 5.32 Å². The fourth-order valence-electron chi connectivity index (χ4n) is 0.845. The molecule has 0 radical (unpaired) electrons. The average Bonchev–Trinajstić information content (AvgIpc) is 2.08. The van der Waals surface area contributed by atoms with Crippen LogP contribution in [0.2, 0.25) is 5.02 Å². The van der Waals surface area contributed by atoms with Crippen LogP contribution in [0, 0.1) is 0 Å². The number of nitrogens with one attached hydrogen (secondary N) is 1. The van der Waals surface area contributed by atoms with Gasteiger partial charge in [0.1, 0.15) is 0 Å². The summed E-state index contributed by atoms with van der Waals surface area (Å²) in [6.45, 7) is 1.55. The Bertz CT molecular complexity index is 319. The monoisotopic (exact) mass is 218 g/mol. The Kier molecular flexibility index (Phi) is 3.71. The molecule has 1 aromatic carbocycles. The summed E-state index contributed by atoms with van der Waals surface area (Å²) in [6.07, 6.45) is 0. The molecule has 0 saturated carbocycles. The number of para-hydroxylation sites is 1. The third-order valence-corrected chi connectivity index (χ3v) is 2.55. The maximum atomic E-state index is 10.5. The Morgan fingerprint density at radius 1 is 1.54 bits per heavy atom. The van der Waals surface area contributed by atoms with Crippen molar-refractivity contribution in [2.45, 2.75) is 12.3 Å². The van der Waals surface area contributed by atoms with E-state index in [0.29, 0.717) is 10.7 Å². The zero-order chi connectivity index (χ0) is 9.84. The third-order valence-electron chi connectivity index (χ3n) is 1.52. The van der Waals surface area contributed by atoms with Gasteiger partial charge < -0.3 is 9.87 Å². The predicted molar refractivity (Wildman–Crippen MR) is 53.5 cm³/mol. The molecule has 0 aliphatic carbocycles. The minimum Gasteiger partial charge on any atom is -0.771 e. The summed E-state index contributed by atoms with van der Waals surface area (Å²) >= 11 is 3.67. The normalized spacial score (nSPS) is 15.0. The van der Waals surface area contributed by atoms with Crippen LogP contribution in [0.5, 0.6) is 0 Å². The molecule has 1 rings (SSSR count). The van der Waals surface area contributed by atoms with Crippen molar-refractivity contribution in [1.82, 2.24) is 0 Å². The van der Waals surface area contributed by atoms with Crippen LogP contribution in [0.4, 0.5) is 5.69 Å². The van der Waals surface area contributed by atoms with Crippen molar-refractivity contribution >= 4 is 28.4 Å². The van der Waals surface area contributed by atoms with E-state index in [1.165, 1.54) is 0 Å². The van der Waals surface area contributed by atoms with E-state index in [9.17, 15) is 8.76 Å². The van der Waals surface area contributed by atoms with E-state index in [-0.39, 0.29) is 0 Å². The molecule has 5 heteroatoms. The van der Waals surface area contributed by atoms with Gasteiger partial charge in [-0.15, -0.1) is 0 Å². The number of benzene rings is 1. The van der Waals surface area contributed by atoms with E-state index in [4.69, 9.17) is 11.6 Å². The Morgan fingerprint density at radius 3 is 2.69 bits per heavy atom. The van der Waals surface area contributed by atoms with Crippen molar-refractivity contribution in [1.29, 1.82) is 0 Å². The number of halogens is 1. The first-order valence-corrected chi connectivity index (χ1v) is 5.22. The second-order valence-corrected chi connectivity index (χ2v) is 4.16. The highest BCUT2D eigenvalue weighted by Crippen LogP contribution is 2.21. The molecule has 1 aromatic rings. The van der Waals surface area contributed by atoms with Gasteiger partial charge in [-0.2, -0.15) is 0 Å². The highest BCUT2D eigenvalue weighted by atomic mass is 35.5. The SMILES string of the molecule is CC(Nc1ccccc1Cl)S(=O)[O-]. The molecule has 13 heavy (non-hydrogen) atoms. The molecule has 0 spiro atoms. The molecule has 3 nitrogen and oxygen atoms in total. The second kappa shape index (κ2) is 4.60. The lowest BCUT2D eigenvalue weighted by atomic mass is 10.3. The summed E-state index contributed by atoms with van der Waals surface area (Å²) in [6, 6.07) is 7.00. The number of anilines is 1. The molecular weight excluding hydrogens is 210 g/mol. The zero-order valence-corrected chi connectivity index (χ0v) is 8.56. The van der Waals surface area contributed by atoms with E-state index < -0.39 is 16.5 Å². The quantitative estimate of drug-likeness (QED) is 0.790. The Labute approximate surface area is 84.4 Å². The van der Waals surface area contributed by atoms with Crippen LogP contribution in [0.25, 0.3) is 0 Å². The lowest BCUT2D eigenvalue weighted by Gasteiger charge is -2.18. The van der Waals surface area contributed by atoms with E-state index in [0.717, 1.165) is 0 Å². The lowest BCUT2D eigenvalue weighted by Crippen LogP contribution is -2.20. The Hall–Kier alpha value is -0.580. The smallest absolute Gasteiger partial charge is 0.0860 e. The number of rotatable bonds is 3. The van der Waals surface area contributed by atoms with Gasteiger partial charge in [-0.3, -0.25) is 4.21 Å². The topological polar surface area (TPSA) is 52.2 Å². The maximum Gasteiger partial charge on any atom is 0.0860 e. The molecule has 0 amide bonds. The van der Waals surface area contributed by atoms with Gasteiger partial charge >= 0.3 is 0 Å². The lowest BCUT2D eigenvalue weighted by molar-refractivity contribution is 0.529. The van der Waals surface area contributed by atoms with Gasteiger partial charge in [-0.25, -0.2) is 0 Å². The van der Waals surface area contributed by atoms with E-state index in [1.807, 2.05) is 0 Å². The van der Waals surface area contributed by atoms with Gasteiger partial charge in [-0.05, 0) is 30.1 Å². The predicted octanol–water partition coefficient (Wildman–Crippen LogP) is 1.98. The van der Waals surface area contributed by atoms with Crippen LogP contribution < -0.4 is 5.32 Å². The van der Waals surface area contributed by atoms with Crippen molar-refractivity contribution < 1.29 is 8.76 Å². The first kappa shape index (κ1) is 10.5. The fraction of sp³-hybridized carbons (Fsp3) is 0.250. The van der Waals surface area contributed by atoms with Gasteiger partial charge in [0.15, 0.2) is 0 Å². The van der Waals surface area contributed by atoms with Crippen LogP contribution in [0.15, 0.2) is 24.3 Å². The zero-order valence-electron chi connectivity index (χ0n) is 6.99. The molecule has 0 heterocycles. The highest BCUT2D eigenvalue weighted by molar-refractivity contribution is 7.79. The Balaban J connectivity index is 2.74. The molecular formula is C8H9ClNO2S-. The molecule has 0 aliphatic rings. The van der Waals surface area contributed by atoms with E-state index in [1.54, 1.807) is 31.2 Å². The standard InChI is InChI=1S/C8H10ClNO2S/c1-6(13(11)12)10-8-5-3-2-4-7(8)9/h2-6,10H,1H3,(H,11,12)/p-1. The summed E-state index contributed by atoms with van der Waals surface area (Å²) < 4.78 is 21.0. The summed E-state index contributed by atoms with van der Waals surface area (Å²) in [5.41, 5.74) is 0.626. The van der Waals surface area contributed by atoms with Crippen molar-refractivity contribution in [3.05, 3.63) is 29.3 Å². The van der Waals surface area contributed by atoms with Crippen molar-refractivity contribution in [3.8, 4) is 0 Å². The van der Waals surface area contributed by atoms with Gasteiger partial charge in [0, 0.05) is 0 Å². The van der Waals surface area contributed by atoms with Crippen LogP contribution >= 0.6 is 11.6 Å². The van der Waals surface area contributed by atoms with Crippen LogP contribution in [0.1, 0.15) is 6.92 Å². The maximum absolute atomic E-state index is 10.5. The molecule has 0 aromatic heterocycles. The minimum absolute atomic E-state index is 0.514. The largest absolute Gasteiger partial charge is 0.771 e. The molecule has 1 N–H and O–H groups in total. The summed E-state index contributed by atoms with van der Waals surface area (Å²) in [7, 11) is 0. The summed E-state index contributed by atoms with van der Waals surface area (Å²) in [4.78, 5) is 0. The summed E-state index contributed by atoms with van der Waals surface area (Å²) in [5.74, 6) is 0. The number of hydrogen-bond acceptors (Lipinski definition) is 3. The number of hydrogen-bond donors (Lipinski definition) is 1. The van der Waals surface area contributed by atoms with Gasteiger partial charge in [0.05, 0.1) is 16.1 Å². The van der Waals surface area contributed by atoms with Gasteiger partial charge in [0.2, 0.25) is 0 Å². The van der Waals surface area contributed by atoms with Gasteiger partial charge in [0.25, 0.3) is 0 Å². The van der Waals surface area contributed by atoms with E-state index >= 15 is 0 Å². The van der Waals surface area contributed by atoms with Crippen molar-refractivity contribution in [2.24, 2.45) is 0 Å². The fourth-order valence-corrected chi connectivity index (χ4v) is 1.26. The molecule has 72 valence electrons. The van der Waals surface area contributed by atoms with Crippen LogP contribution in [-0.4, -0.2) is 14.1 Å². The molecule has 0 saturated heterocycles.